The number of hydrogen-bond acceptors (Lipinski definition) is 2. The van der Waals surface area contributed by atoms with Crippen molar-refractivity contribution in [3.8, 4) is 0 Å². The Balaban J connectivity index is 1.95. The second-order valence-corrected chi connectivity index (χ2v) is 7.77. The van der Waals surface area contributed by atoms with Crippen LogP contribution in [0.15, 0.2) is 0 Å². The van der Waals surface area contributed by atoms with Crippen molar-refractivity contribution in [3.05, 3.63) is 0 Å². The molecule has 2 aliphatic rings. The van der Waals surface area contributed by atoms with E-state index in [9.17, 15) is 0 Å². The van der Waals surface area contributed by atoms with Crippen LogP contribution in [0.3, 0.4) is 0 Å². The second kappa shape index (κ2) is 4.03. The molecule has 1 unspecified atom stereocenters. The maximum atomic E-state index is 2.58. The molecule has 0 N–H and O–H groups in total. The summed E-state index contributed by atoms with van der Waals surface area (Å²) in [6.07, 6.45) is 4.39. The fraction of sp³-hybridized carbons (Fsp3) is 1.00. The molecule has 2 fully saturated rings. The van der Waals surface area contributed by atoms with Gasteiger partial charge in [0.25, 0.3) is 0 Å². The van der Waals surface area contributed by atoms with Crippen molar-refractivity contribution >= 4 is 0 Å². The van der Waals surface area contributed by atoms with Gasteiger partial charge in [-0.1, -0.05) is 0 Å². The van der Waals surface area contributed by atoms with Crippen molar-refractivity contribution < 1.29 is 21.5 Å². The Bertz CT molecular complexity index is 176. The van der Waals surface area contributed by atoms with E-state index in [1.807, 2.05) is 0 Å². The SMILES string of the molecule is CN1CCCC2(CCN(C)[I-]C2)C1. The minimum absolute atomic E-state index is 0.365. The molecule has 0 aliphatic carbocycles. The summed E-state index contributed by atoms with van der Waals surface area (Å²) in [5.74, 6) is 0. The van der Waals surface area contributed by atoms with Gasteiger partial charge in [-0.25, -0.2) is 0 Å². The average molecular weight is 295 g/mol. The number of alkyl halides is 1. The van der Waals surface area contributed by atoms with Gasteiger partial charge in [0, 0.05) is 0 Å². The van der Waals surface area contributed by atoms with Crippen molar-refractivity contribution in [2.45, 2.75) is 19.3 Å². The number of likely N-dealkylation sites (tertiary alicyclic amines) is 1. The summed E-state index contributed by atoms with van der Waals surface area (Å²) >= 11 is 0.365. The topological polar surface area (TPSA) is 6.48 Å². The van der Waals surface area contributed by atoms with Crippen molar-refractivity contribution in [1.82, 2.24) is 8.01 Å². The van der Waals surface area contributed by atoms with Gasteiger partial charge in [0.15, 0.2) is 0 Å². The van der Waals surface area contributed by atoms with Gasteiger partial charge in [-0.05, 0) is 0 Å². The third-order valence-electron chi connectivity index (χ3n) is 3.35. The molecule has 0 amide bonds. The van der Waals surface area contributed by atoms with Crippen LogP contribution in [-0.4, -0.2) is 46.2 Å². The quantitative estimate of drug-likeness (QED) is 0.291. The van der Waals surface area contributed by atoms with E-state index >= 15 is 0 Å². The Labute approximate surface area is 92.3 Å². The first-order chi connectivity index (χ1) is 6.20. The molecule has 0 radical (unpaired) electrons. The molecule has 1 atom stereocenters. The van der Waals surface area contributed by atoms with Crippen molar-refractivity contribution in [3.63, 3.8) is 0 Å². The number of halogens is 1. The van der Waals surface area contributed by atoms with Crippen LogP contribution < -0.4 is 21.5 Å². The van der Waals surface area contributed by atoms with Crippen molar-refractivity contribution in [2.24, 2.45) is 5.41 Å². The van der Waals surface area contributed by atoms with Crippen molar-refractivity contribution in [2.75, 3.05) is 38.2 Å². The van der Waals surface area contributed by atoms with Crippen LogP contribution in [0.2, 0.25) is 0 Å². The Morgan fingerprint density at radius 3 is 2.62 bits per heavy atom. The first-order valence-corrected chi connectivity index (χ1v) is 7.68. The standard InChI is InChI=1S/C10H20IN2/c1-12-6-3-4-10(9-12)5-7-13(2)11-8-10/h3-9H2,1-2H3/q-1. The number of hydrogen-bond donors (Lipinski definition) is 0. The van der Waals surface area contributed by atoms with E-state index in [1.54, 1.807) is 0 Å². The summed E-state index contributed by atoms with van der Waals surface area (Å²) in [6, 6.07) is 0. The molecule has 2 heterocycles. The van der Waals surface area contributed by atoms with Gasteiger partial charge in [0.2, 0.25) is 0 Å². The molecular formula is C10H20IN2-. The fourth-order valence-corrected chi connectivity index (χ4v) is 5.41. The molecule has 3 heteroatoms. The second-order valence-electron chi connectivity index (χ2n) is 4.67. The van der Waals surface area contributed by atoms with Crippen LogP contribution in [0.5, 0.6) is 0 Å². The van der Waals surface area contributed by atoms with Gasteiger partial charge >= 0.3 is 92.3 Å². The molecule has 78 valence electrons. The van der Waals surface area contributed by atoms with Gasteiger partial charge in [-0.2, -0.15) is 0 Å². The van der Waals surface area contributed by atoms with E-state index in [0.717, 1.165) is 5.41 Å². The van der Waals surface area contributed by atoms with Crippen LogP contribution >= 0.6 is 0 Å². The van der Waals surface area contributed by atoms with E-state index in [2.05, 4.69) is 22.1 Å². The molecule has 0 aromatic heterocycles. The zero-order valence-corrected chi connectivity index (χ0v) is 10.9. The molecule has 2 rings (SSSR count). The number of piperidine rings is 1. The van der Waals surface area contributed by atoms with E-state index in [0.29, 0.717) is 21.5 Å². The molecule has 2 nitrogen and oxygen atoms in total. The zero-order valence-electron chi connectivity index (χ0n) is 8.72. The zero-order chi connectivity index (χ0) is 9.31. The molecule has 0 aromatic carbocycles. The monoisotopic (exact) mass is 295 g/mol. The predicted octanol–water partition coefficient (Wildman–Crippen LogP) is -1.96. The summed E-state index contributed by atoms with van der Waals surface area (Å²) in [5, 5.41) is 0. The summed E-state index contributed by atoms with van der Waals surface area (Å²) in [4.78, 5) is 2.54. The van der Waals surface area contributed by atoms with Crippen LogP contribution in [0, 0.1) is 5.41 Å². The van der Waals surface area contributed by atoms with Crippen LogP contribution in [0.1, 0.15) is 19.3 Å². The Morgan fingerprint density at radius 1 is 1.15 bits per heavy atom. The summed E-state index contributed by atoms with van der Waals surface area (Å²) in [5.41, 5.74) is 0.743. The van der Waals surface area contributed by atoms with E-state index in [-0.39, 0.29) is 0 Å². The van der Waals surface area contributed by atoms with Gasteiger partial charge in [0.05, 0.1) is 0 Å². The molecule has 0 bridgehead atoms. The summed E-state index contributed by atoms with van der Waals surface area (Å²) in [7, 11) is 4.59. The van der Waals surface area contributed by atoms with Crippen molar-refractivity contribution in [1.29, 1.82) is 0 Å². The van der Waals surface area contributed by atoms with Crippen LogP contribution in [0.25, 0.3) is 0 Å². The van der Waals surface area contributed by atoms with Crippen LogP contribution in [0.4, 0.5) is 0 Å². The average Bonchev–Trinajstić information content (AvgIpc) is 2.11. The van der Waals surface area contributed by atoms with Crippen LogP contribution in [-0.2, 0) is 0 Å². The summed E-state index contributed by atoms with van der Waals surface area (Å²) in [6.45, 7) is 4.07. The number of nitrogens with zero attached hydrogens (tertiary/aromatic N) is 2. The fourth-order valence-electron chi connectivity index (χ4n) is 2.51. The Morgan fingerprint density at radius 2 is 2.00 bits per heavy atom. The van der Waals surface area contributed by atoms with E-state index < -0.39 is 0 Å². The first kappa shape index (κ1) is 10.2. The van der Waals surface area contributed by atoms with E-state index in [1.165, 1.54) is 43.3 Å². The normalized spacial score (nSPS) is 38.9. The summed E-state index contributed by atoms with van der Waals surface area (Å²) < 4.78 is 4.12. The predicted molar refractivity (Wildman–Crippen MR) is 51.3 cm³/mol. The van der Waals surface area contributed by atoms with Gasteiger partial charge in [-0.15, -0.1) is 0 Å². The molecule has 2 saturated heterocycles. The molecule has 1 spiro atoms. The van der Waals surface area contributed by atoms with E-state index in [4.69, 9.17) is 0 Å². The molecule has 13 heavy (non-hydrogen) atoms. The first-order valence-electron chi connectivity index (χ1n) is 5.19. The molecule has 0 saturated carbocycles. The molecule has 2 aliphatic heterocycles. The molecule has 0 aromatic rings. The maximum absolute atomic E-state index is 2.58. The molecular weight excluding hydrogens is 275 g/mol. The number of rotatable bonds is 0. The third kappa shape index (κ3) is 2.36. The Hall–Kier alpha value is 0.650. The van der Waals surface area contributed by atoms with Gasteiger partial charge < -0.3 is 0 Å². The third-order valence-corrected chi connectivity index (χ3v) is 6.96. The van der Waals surface area contributed by atoms with Gasteiger partial charge in [0.1, 0.15) is 0 Å². The Kier molecular flexibility index (Phi) is 3.15. The van der Waals surface area contributed by atoms with Gasteiger partial charge in [-0.3, -0.25) is 0 Å². The minimum atomic E-state index is 0.365.